The molecule has 0 N–H and O–H groups in total. The summed E-state index contributed by atoms with van der Waals surface area (Å²) in [5, 5.41) is 1.28. The van der Waals surface area contributed by atoms with E-state index >= 15 is 0 Å². The lowest BCUT2D eigenvalue weighted by Gasteiger charge is -1.97. The van der Waals surface area contributed by atoms with Crippen molar-refractivity contribution in [1.29, 1.82) is 0 Å². The molecule has 2 aromatic heterocycles. The minimum atomic E-state index is -0.396. The number of rotatable bonds is 1. The van der Waals surface area contributed by atoms with E-state index in [0.29, 0.717) is 33.0 Å². The van der Waals surface area contributed by atoms with Crippen LogP contribution in [0.15, 0.2) is 62.2 Å². The molecule has 0 saturated heterocycles. The van der Waals surface area contributed by atoms with E-state index in [9.17, 15) is 4.79 Å². The van der Waals surface area contributed by atoms with Crippen molar-refractivity contribution < 1.29 is 8.83 Å². The summed E-state index contributed by atoms with van der Waals surface area (Å²) in [6, 6.07) is 13.8. The lowest BCUT2D eigenvalue weighted by Crippen LogP contribution is -1.93. The van der Waals surface area contributed by atoms with Gasteiger partial charge >= 0.3 is 5.63 Å². The van der Waals surface area contributed by atoms with Gasteiger partial charge in [-0.15, -0.1) is 0 Å². The summed E-state index contributed by atoms with van der Waals surface area (Å²) < 4.78 is 11.0. The Kier molecular flexibility index (Phi) is 2.59. The number of hydrogen-bond donors (Lipinski definition) is 0. The van der Waals surface area contributed by atoms with Crippen LogP contribution < -0.4 is 5.63 Å². The van der Waals surface area contributed by atoms with Crippen LogP contribution in [0.2, 0.25) is 5.02 Å². The summed E-state index contributed by atoms with van der Waals surface area (Å²) in [5.41, 5.74) is 2.06. The van der Waals surface area contributed by atoms with Crippen LogP contribution in [0.5, 0.6) is 0 Å². The zero-order valence-corrected chi connectivity index (χ0v) is 11.4. The minimum Gasteiger partial charge on any atom is -0.435 e. The van der Waals surface area contributed by atoms with Crippen LogP contribution in [-0.2, 0) is 0 Å². The predicted octanol–water partition coefficient (Wildman–Crippen LogP) is 4.25. The molecule has 0 atom stereocenters. The fourth-order valence-electron chi connectivity index (χ4n) is 2.28. The maximum Gasteiger partial charge on any atom is 0.336 e. The Morgan fingerprint density at radius 2 is 1.81 bits per heavy atom. The molecule has 0 unspecified atom stereocenters. The standard InChI is InChI=1S/C16H8ClNO3/c17-11-4-2-1-3-9(11)16-18-12-6-7-13-10(15(12)21-16)5-8-14(19)20-13/h1-8H. The first-order chi connectivity index (χ1) is 10.2. The Labute approximate surface area is 123 Å². The molecular weight excluding hydrogens is 290 g/mol. The van der Waals surface area contributed by atoms with Gasteiger partial charge in [0.05, 0.1) is 16.0 Å². The van der Waals surface area contributed by atoms with Crippen LogP contribution in [0.1, 0.15) is 0 Å². The van der Waals surface area contributed by atoms with Gasteiger partial charge in [0, 0.05) is 6.07 Å². The van der Waals surface area contributed by atoms with Gasteiger partial charge in [-0.2, -0.15) is 0 Å². The first-order valence-electron chi connectivity index (χ1n) is 6.31. The fraction of sp³-hybridized carbons (Fsp3) is 0. The topological polar surface area (TPSA) is 56.2 Å². The van der Waals surface area contributed by atoms with Crippen LogP contribution in [0, 0.1) is 0 Å². The van der Waals surface area contributed by atoms with Crippen LogP contribution in [0.3, 0.4) is 0 Å². The molecule has 2 heterocycles. The third kappa shape index (κ3) is 1.92. The molecule has 0 saturated carbocycles. The highest BCUT2D eigenvalue weighted by Crippen LogP contribution is 2.32. The number of halogens is 1. The molecule has 4 aromatic rings. The van der Waals surface area contributed by atoms with E-state index in [4.69, 9.17) is 20.4 Å². The van der Waals surface area contributed by atoms with Gasteiger partial charge in [-0.3, -0.25) is 0 Å². The van der Waals surface area contributed by atoms with Crippen molar-refractivity contribution in [1.82, 2.24) is 4.98 Å². The van der Waals surface area contributed by atoms with E-state index in [1.807, 2.05) is 18.2 Å². The lowest BCUT2D eigenvalue weighted by atomic mass is 10.2. The van der Waals surface area contributed by atoms with Crippen molar-refractivity contribution in [2.45, 2.75) is 0 Å². The highest BCUT2D eigenvalue weighted by atomic mass is 35.5. The van der Waals surface area contributed by atoms with Crippen LogP contribution in [0.25, 0.3) is 33.5 Å². The largest absolute Gasteiger partial charge is 0.435 e. The molecule has 0 spiro atoms. The highest BCUT2D eigenvalue weighted by molar-refractivity contribution is 6.33. The van der Waals surface area contributed by atoms with Gasteiger partial charge < -0.3 is 8.83 Å². The van der Waals surface area contributed by atoms with E-state index in [2.05, 4.69) is 4.98 Å². The summed E-state index contributed by atoms with van der Waals surface area (Å²) in [6.07, 6.45) is 0. The first kappa shape index (κ1) is 12.2. The van der Waals surface area contributed by atoms with Gasteiger partial charge in [0.2, 0.25) is 5.89 Å². The van der Waals surface area contributed by atoms with Crippen LogP contribution >= 0.6 is 11.6 Å². The molecule has 0 aliphatic rings. The second kappa shape index (κ2) is 4.46. The summed E-state index contributed by atoms with van der Waals surface area (Å²) in [5.74, 6) is 0.439. The Bertz CT molecular complexity index is 1030. The van der Waals surface area contributed by atoms with Crippen molar-refractivity contribution in [2.75, 3.05) is 0 Å². The maximum absolute atomic E-state index is 11.3. The predicted molar refractivity (Wildman–Crippen MR) is 80.5 cm³/mol. The highest BCUT2D eigenvalue weighted by Gasteiger charge is 2.14. The van der Waals surface area contributed by atoms with Crippen molar-refractivity contribution in [3.05, 3.63) is 64.0 Å². The molecule has 0 radical (unpaired) electrons. The fourth-order valence-corrected chi connectivity index (χ4v) is 2.50. The number of hydrogen-bond acceptors (Lipinski definition) is 4. The Hall–Kier alpha value is -2.59. The van der Waals surface area contributed by atoms with E-state index < -0.39 is 5.63 Å². The third-order valence-electron chi connectivity index (χ3n) is 3.26. The molecule has 21 heavy (non-hydrogen) atoms. The monoisotopic (exact) mass is 297 g/mol. The summed E-state index contributed by atoms with van der Waals surface area (Å²) in [6.45, 7) is 0. The molecule has 0 fully saturated rings. The summed E-state index contributed by atoms with van der Waals surface area (Å²) in [7, 11) is 0. The van der Waals surface area contributed by atoms with E-state index in [1.54, 1.807) is 24.3 Å². The summed E-state index contributed by atoms with van der Waals surface area (Å²) in [4.78, 5) is 15.7. The van der Waals surface area contributed by atoms with Gasteiger partial charge in [-0.1, -0.05) is 23.7 Å². The van der Waals surface area contributed by atoms with Crippen molar-refractivity contribution in [2.24, 2.45) is 0 Å². The number of benzene rings is 2. The van der Waals surface area contributed by atoms with E-state index in [1.165, 1.54) is 6.07 Å². The molecule has 2 aromatic carbocycles. The van der Waals surface area contributed by atoms with Gasteiger partial charge in [-0.25, -0.2) is 9.78 Å². The number of nitrogens with zero attached hydrogens (tertiary/aromatic N) is 1. The molecule has 102 valence electrons. The Morgan fingerprint density at radius 3 is 2.67 bits per heavy atom. The third-order valence-corrected chi connectivity index (χ3v) is 3.59. The van der Waals surface area contributed by atoms with Gasteiger partial charge in [-0.05, 0) is 30.3 Å². The van der Waals surface area contributed by atoms with E-state index in [-0.39, 0.29) is 0 Å². The Morgan fingerprint density at radius 1 is 0.952 bits per heavy atom. The number of aromatic nitrogens is 1. The van der Waals surface area contributed by atoms with Crippen molar-refractivity contribution in [3.8, 4) is 11.5 Å². The first-order valence-corrected chi connectivity index (χ1v) is 6.68. The average molecular weight is 298 g/mol. The maximum atomic E-state index is 11.3. The molecule has 0 aliphatic heterocycles. The minimum absolute atomic E-state index is 0.396. The molecule has 0 amide bonds. The Balaban J connectivity index is 2.04. The number of oxazole rings is 1. The molecule has 4 rings (SSSR count). The van der Waals surface area contributed by atoms with Gasteiger partial charge in [0.1, 0.15) is 11.1 Å². The average Bonchev–Trinajstić information content (AvgIpc) is 2.91. The van der Waals surface area contributed by atoms with Gasteiger partial charge in [0.15, 0.2) is 5.58 Å². The summed E-state index contributed by atoms with van der Waals surface area (Å²) >= 11 is 6.17. The second-order valence-electron chi connectivity index (χ2n) is 4.58. The lowest BCUT2D eigenvalue weighted by molar-refractivity contribution is 0.560. The SMILES string of the molecule is O=c1ccc2c(ccc3nc(-c4ccccc4Cl)oc32)o1. The molecule has 4 nitrogen and oxygen atoms in total. The van der Waals surface area contributed by atoms with Crippen LogP contribution in [0.4, 0.5) is 0 Å². The molecular formula is C16H8ClNO3. The molecule has 0 bridgehead atoms. The smallest absolute Gasteiger partial charge is 0.336 e. The van der Waals surface area contributed by atoms with Crippen molar-refractivity contribution in [3.63, 3.8) is 0 Å². The van der Waals surface area contributed by atoms with Gasteiger partial charge in [0.25, 0.3) is 0 Å². The molecule has 5 heteroatoms. The van der Waals surface area contributed by atoms with Crippen molar-refractivity contribution >= 4 is 33.7 Å². The van der Waals surface area contributed by atoms with E-state index in [0.717, 1.165) is 5.56 Å². The second-order valence-corrected chi connectivity index (χ2v) is 4.99. The normalized spacial score (nSPS) is 11.3. The quantitative estimate of drug-likeness (QED) is 0.493. The van der Waals surface area contributed by atoms with Crippen LogP contribution in [-0.4, -0.2) is 4.98 Å². The molecule has 0 aliphatic carbocycles. The zero-order chi connectivity index (χ0) is 14.4. The zero-order valence-electron chi connectivity index (χ0n) is 10.7. The number of fused-ring (bicyclic) bond motifs is 3.